The number of carbonyl (C=O) groups is 2. The molecule has 5 heterocycles. The lowest BCUT2D eigenvalue weighted by Crippen LogP contribution is -2.49. The second-order valence-corrected chi connectivity index (χ2v) is 8.84. The third-order valence-electron chi connectivity index (χ3n) is 6.69. The van der Waals surface area contributed by atoms with Gasteiger partial charge < -0.3 is 14.6 Å². The highest BCUT2D eigenvalue weighted by molar-refractivity contribution is 5.94. The number of rotatable bonds is 3. The molecule has 33 heavy (non-hydrogen) atoms. The highest BCUT2D eigenvalue weighted by Crippen LogP contribution is 2.35. The summed E-state index contributed by atoms with van der Waals surface area (Å²) in [7, 11) is 0. The summed E-state index contributed by atoms with van der Waals surface area (Å²) in [5, 5.41) is 15.8. The molecule has 2 aromatic rings. The number of amides is 1. The van der Waals surface area contributed by atoms with Crippen LogP contribution in [0.1, 0.15) is 52.5 Å². The van der Waals surface area contributed by atoms with Crippen LogP contribution in [-0.4, -0.2) is 63.0 Å². The van der Waals surface area contributed by atoms with E-state index in [2.05, 4.69) is 16.0 Å². The van der Waals surface area contributed by atoms with Crippen LogP contribution in [0, 0.1) is 17.2 Å². The van der Waals surface area contributed by atoms with Gasteiger partial charge in [0.1, 0.15) is 11.8 Å². The first-order valence-electron chi connectivity index (χ1n) is 11.2. The summed E-state index contributed by atoms with van der Waals surface area (Å²) in [6, 6.07) is 9.32. The number of carbonyl (C=O) groups excluding carboxylic acids is 1. The van der Waals surface area contributed by atoms with E-state index in [0.29, 0.717) is 30.9 Å². The number of pyridine rings is 2. The van der Waals surface area contributed by atoms with Crippen molar-refractivity contribution >= 4 is 12.4 Å². The molecule has 0 unspecified atom stereocenters. The lowest BCUT2D eigenvalue weighted by Gasteiger charge is -2.43. The summed E-state index contributed by atoms with van der Waals surface area (Å²) < 4.78 is 1.97. The minimum atomic E-state index is -0.250. The van der Waals surface area contributed by atoms with Gasteiger partial charge in [-0.2, -0.15) is 5.26 Å². The maximum atomic E-state index is 13.2. The molecule has 1 N–H and O–H groups in total. The van der Waals surface area contributed by atoms with E-state index in [1.165, 1.54) is 19.0 Å². The van der Waals surface area contributed by atoms with Gasteiger partial charge in [-0.1, -0.05) is 6.07 Å². The summed E-state index contributed by atoms with van der Waals surface area (Å²) in [5.74, 6) is 0.413. The summed E-state index contributed by atoms with van der Waals surface area (Å²) >= 11 is 0. The molecule has 0 aliphatic carbocycles. The Hall–Kier alpha value is -3.51. The summed E-state index contributed by atoms with van der Waals surface area (Å²) in [6.07, 6.45) is 4.93. The normalized spacial score (nSPS) is 21.4. The highest BCUT2D eigenvalue weighted by Gasteiger charge is 2.37. The second kappa shape index (κ2) is 9.96. The number of likely N-dealkylation sites (tertiary alicyclic amines) is 2. The third kappa shape index (κ3) is 4.81. The number of piperidine rings is 1. The Morgan fingerprint density at radius 1 is 1.18 bits per heavy atom. The van der Waals surface area contributed by atoms with E-state index in [9.17, 15) is 9.59 Å². The number of hydrogen-bond donors (Lipinski definition) is 1. The molecular formula is C24H27N5O4. The van der Waals surface area contributed by atoms with Gasteiger partial charge >= 0.3 is 0 Å². The quantitative estimate of drug-likeness (QED) is 0.708. The molecule has 3 aliphatic heterocycles. The van der Waals surface area contributed by atoms with Crippen molar-refractivity contribution in [2.75, 3.05) is 26.2 Å². The van der Waals surface area contributed by atoms with Gasteiger partial charge in [-0.3, -0.25) is 19.3 Å². The first-order valence-corrected chi connectivity index (χ1v) is 11.2. The van der Waals surface area contributed by atoms with Crippen molar-refractivity contribution in [2.24, 2.45) is 5.92 Å². The summed E-state index contributed by atoms with van der Waals surface area (Å²) in [4.78, 5) is 42.8. The van der Waals surface area contributed by atoms with Gasteiger partial charge in [0.25, 0.3) is 17.9 Å². The molecule has 1 amide bonds. The molecule has 9 heteroatoms. The van der Waals surface area contributed by atoms with Crippen LogP contribution in [0.15, 0.2) is 35.3 Å². The Labute approximate surface area is 191 Å². The van der Waals surface area contributed by atoms with E-state index in [1.807, 2.05) is 21.6 Å². The molecule has 3 aliphatic rings. The van der Waals surface area contributed by atoms with Gasteiger partial charge in [0.2, 0.25) is 0 Å². The minimum Gasteiger partial charge on any atom is -0.483 e. The third-order valence-corrected chi connectivity index (χ3v) is 6.69. The number of nitriles is 1. The van der Waals surface area contributed by atoms with E-state index in [-0.39, 0.29) is 29.8 Å². The zero-order chi connectivity index (χ0) is 23.4. The van der Waals surface area contributed by atoms with E-state index in [1.54, 1.807) is 12.1 Å². The molecule has 9 nitrogen and oxygen atoms in total. The average molecular weight is 450 g/mol. The van der Waals surface area contributed by atoms with Crippen molar-refractivity contribution in [1.29, 1.82) is 5.26 Å². The zero-order valence-corrected chi connectivity index (χ0v) is 18.4. The maximum absolute atomic E-state index is 13.2. The Morgan fingerprint density at radius 3 is 2.61 bits per heavy atom. The Bertz CT molecular complexity index is 1120. The second-order valence-electron chi connectivity index (χ2n) is 8.84. The Morgan fingerprint density at radius 2 is 1.94 bits per heavy atom. The number of fused-ring (bicyclic) bond motifs is 4. The molecular weight excluding hydrogens is 422 g/mol. The van der Waals surface area contributed by atoms with Gasteiger partial charge in [-0.25, -0.2) is 4.98 Å². The summed E-state index contributed by atoms with van der Waals surface area (Å²) in [5.41, 5.74) is 2.90. The van der Waals surface area contributed by atoms with Crippen LogP contribution in [0.5, 0.6) is 0 Å². The molecule has 2 atom stereocenters. The number of nitrogens with zero attached hydrogens (tertiary/aromatic N) is 5. The fraction of sp³-hybridized carbons (Fsp3) is 0.458. The van der Waals surface area contributed by atoms with E-state index >= 15 is 0 Å². The van der Waals surface area contributed by atoms with E-state index in [4.69, 9.17) is 15.2 Å². The van der Waals surface area contributed by atoms with Crippen molar-refractivity contribution in [3.05, 3.63) is 63.3 Å². The van der Waals surface area contributed by atoms with Gasteiger partial charge in [0.15, 0.2) is 0 Å². The molecule has 2 aromatic heterocycles. The van der Waals surface area contributed by atoms with Crippen LogP contribution in [0.3, 0.4) is 0 Å². The van der Waals surface area contributed by atoms with Gasteiger partial charge in [0.05, 0.1) is 5.56 Å². The van der Waals surface area contributed by atoms with Gasteiger partial charge in [-0.15, -0.1) is 0 Å². The molecule has 2 bridgehead atoms. The lowest BCUT2D eigenvalue weighted by atomic mass is 9.82. The fourth-order valence-electron chi connectivity index (χ4n) is 5.23. The minimum absolute atomic E-state index is 0.0526. The summed E-state index contributed by atoms with van der Waals surface area (Å²) in [6.45, 7) is 4.58. The van der Waals surface area contributed by atoms with Crippen LogP contribution in [0.2, 0.25) is 0 Å². The molecule has 0 radical (unpaired) electrons. The monoisotopic (exact) mass is 449 g/mol. The number of hydrogen-bond acceptors (Lipinski definition) is 6. The number of carboxylic acid groups (broad SMARTS) is 1. The Balaban J connectivity index is 0.000000821. The molecule has 2 saturated heterocycles. The SMILES string of the molecule is N#Cc1ccc(C(=O)N2C[C@@H]3C[C@H](C2)c2ccc(CN4CCCC4)c(=O)n2C3)cn1.O=CO. The predicted molar refractivity (Wildman–Crippen MR) is 120 cm³/mol. The molecule has 5 rings (SSSR count). The molecule has 0 aromatic carbocycles. The van der Waals surface area contributed by atoms with Crippen LogP contribution in [-0.2, 0) is 17.9 Å². The van der Waals surface area contributed by atoms with Crippen LogP contribution >= 0.6 is 0 Å². The van der Waals surface area contributed by atoms with Gasteiger partial charge in [0, 0.05) is 49.6 Å². The topological polar surface area (TPSA) is 120 Å². The maximum Gasteiger partial charge on any atom is 0.290 e. The van der Waals surface area contributed by atoms with E-state index < -0.39 is 0 Å². The standard InChI is InChI=1S/C23H25N5O2.CH2O2/c24-10-20-5-3-17(11-25-20)22(29)27-12-16-9-19(15-27)21-6-4-18(23(30)28(21)13-16)14-26-7-1-2-8-26;2-1-3/h3-6,11,16,19H,1-2,7-9,12-15H2;1H,(H,2,3)/t16-,19+;/m0./s1. The van der Waals surface area contributed by atoms with Crippen molar-refractivity contribution in [3.63, 3.8) is 0 Å². The van der Waals surface area contributed by atoms with Crippen molar-refractivity contribution in [2.45, 2.75) is 38.3 Å². The van der Waals surface area contributed by atoms with Crippen LogP contribution in [0.25, 0.3) is 0 Å². The average Bonchev–Trinajstić information content (AvgIpc) is 3.34. The predicted octanol–water partition coefficient (Wildman–Crippen LogP) is 1.67. The molecule has 0 saturated carbocycles. The molecule has 172 valence electrons. The van der Waals surface area contributed by atoms with Crippen molar-refractivity contribution in [3.8, 4) is 6.07 Å². The largest absolute Gasteiger partial charge is 0.483 e. The van der Waals surface area contributed by atoms with E-state index in [0.717, 1.165) is 37.3 Å². The number of aromatic nitrogens is 2. The smallest absolute Gasteiger partial charge is 0.290 e. The first-order chi connectivity index (χ1) is 16.0. The van der Waals surface area contributed by atoms with Crippen molar-refractivity contribution in [1.82, 2.24) is 19.4 Å². The zero-order valence-electron chi connectivity index (χ0n) is 18.4. The van der Waals surface area contributed by atoms with Crippen LogP contribution < -0.4 is 5.56 Å². The van der Waals surface area contributed by atoms with Gasteiger partial charge in [-0.05, 0) is 56.5 Å². The fourth-order valence-corrected chi connectivity index (χ4v) is 5.23. The molecule has 2 fully saturated rings. The highest BCUT2D eigenvalue weighted by atomic mass is 16.3. The van der Waals surface area contributed by atoms with Crippen LogP contribution in [0.4, 0.5) is 0 Å². The first kappa shape index (κ1) is 22.7. The lowest BCUT2D eigenvalue weighted by molar-refractivity contribution is -0.122. The van der Waals surface area contributed by atoms with Crippen molar-refractivity contribution < 1.29 is 14.7 Å². The Kier molecular flexibility index (Phi) is 6.84. The molecule has 0 spiro atoms.